The molecule has 3 aromatic rings. The fraction of sp³-hybridized carbons (Fsp3) is 0.278. The van der Waals surface area contributed by atoms with Gasteiger partial charge in [-0.3, -0.25) is 0 Å². The number of carboxylic acid groups (broad SMARTS) is 1. The number of fused-ring (bicyclic) bond motifs is 3. The molecule has 0 amide bonds. The summed E-state index contributed by atoms with van der Waals surface area (Å²) in [6.07, 6.45) is 0. The predicted octanol–water partition coefficient (Wildman–Crippen LogP) is 3.04. The highest BCUT2D eigenvalue weighted by Gasteiger charge is 2.16. The maximum atomic E-state index is 11.1. The van der Waals surface area contributed by atoms with Crippen LogP contribution in [0.1, 0.15) is 10.4 Å². The van der Waals surface area contributed by atoms with E-state index in [-0.39, 0.29) is 5.56 Å². The van der Waals surface area contributed by atoms with E-state index < -0.39 is 5.97 Å². The van der Waals surface area contributed by atoms with Gasteiger partial charge in [0.2, 0.25) is 0 Å². The van der Waals surface area contributed by atoms with Crippen molar-refractivity contribution in [1.29, 1.82) is 0 Å². The first-order valence-electron chi connectivity index (χ1n) is 7.75. The summed E-state index contributed by atoms with van der Waals surface area (Å²) >= 11 is 0. The normalized spacial score (nSPS) is 16.3. The zero-order valence-corrected chi connectivity index (χ0v) is 13.0. The van der Waals surface area contributed by atoms with Crippen molar-refractivity contribution < 1.29 is 14.3 Å². The maximum absolute atomic E-state index is 11.1. The molecule has 2 aromatic carbocycles. The molecule has 1 aromatic heterocycles. The molecule has 1 aliphatic rings. The Balaban J connectivity index is 1.78. The highest BCUT2D eigenvalue weighted by atomic mass is 16.4. The summed E-state index contributed by atoms with van der Waals surface area (Å²) in [4.78, 5) is 15.8. The molecule has 118 valence electrons. The lowest BCUT2D eigenvalue weighted by Crippen LogP contribution is -2.44. The largest absolute Gasteiger partial charge is 0.478 e. The third kappa shape index (κ3) is 2.43. The second kappa shape index (κ2) is 5.28. The van der Waals surface area contributed by atoms with Gasteiger partial charge in [0.15, 0.2) is 0 Å². The number of furan rings is 1. The van der Waals surface area contributed by atoms with Gasteiger partial charge in [-0.15, -0.1) is 0 Å². The van der Waals surface area contributed by atoms with Gasteiger partial charge in [0, 0.05) is 42.6 Å². The second-order valence-electron chi connectivity index (χ2n) is 6.09. The van der Waals surface area contributed by atoms with Crippen LogP contribution in [0.15, 0.2) is 40.8 Å². The molecule has 0 unspecified atom stereocenters. The molecular weight excluding hydrogens is 292 g/mol. The van der Waals surface area contributed by atoms with E-state index in [2.05, 4.69) is 29.0 Å². The predicted molar refractivity (Wildman–Crippen MR) is 90.4 cm³/mol. The van der Waals surface area contributed by atoms with Crippen molar-refractivity contribution in [3.05, 3.63) is 42.0 Å². The number of aromatic carboxylic acids is 1. The number of carboxylic acids is 1. The molecule has 23 heavy (non-hydrogen) atoms. The summed E-state index contributed by atoms with van der Waals surface area (Å²) in [7, 11) is 2.14. The molecule has 4 rings (SSSR count). The molecule has 0 radical (unpaired) electrons. The molecule has 0 saturated carbocycles. The van der Waals surface area contributed by atoms with Gasteiger partial charge in [0.05, 0.1) is 5.56 Å². The average molecular weight is 310 g/mol. The Labute approximate surface area is 133 Å². The number of hydrogen-bond acceptors (Lipinski definition) is 4. The van der Waals surface area contributed by atoms with E-state index in [9.17, 15) is 4.79 Å². The lowest BCUT2D eigenvalue weighted by Gasteiger charge is -2.34. The summed E-state index contributed by atoms with van der Waals surface area (Å²) in [6, 6.07) is 11.2. The van der Waals surface area contributed by atoms with Crippen molar-refractivity contribution in [2.24, 2.45) is 0 Å². The molecule has 5 heteroatoms. The second-order valence-corrected chi connectivity index (χ2v) is 6.09. The maximum Gasteiger partial charge on any atom is 0.335 e. The lowest BCUT2D eigenvalue weighted by molar-refractivity contribution is 0.0697. The van der Waals surface area contributed by atoms with Crippen LogP contribution in [0.5, 0.6) is 0 Å². The number of rotatable bonds is 2. The fourth-order valence-electron chi connectivity index (χ4n) is 3.16. The van der Waals surface area contributed by atoms with Crippen LogP contribution >= 0.6 is 0 Å². The van der Waals surface area contributed by atoms with E-state index >= 15 is 0 Å². The van der Waals surface area contributed by atoms with Crippen LogP contribution in [-0.2, 0) is 0 Å². The minimum atomic E-state index is -0.939. The quantitative estimate of drug-likeness (QED) is 0.788. The standard InChI is InChI=1S/C18H18N2O3/c1-19-6-8-20(9-7-19)13-3-5-16-15(11-13)14-4-2-12(18(21)22)10-17(14)23-16/h2-5,10-11H,6-9H2,1H3,(H,21,22). The van der Waals surface area contributed by atoms with Crippen LogP contribution < -0.4 is 4.90 Å². The highest BCUT2D eigenvalue weighted by molar-refractivity contribution is 6.07. The molecular formula is C18H18N2O3. The smallest absolute Gasteiger partial charge is 0.335 e. The summed E-state index contributed by atoms with van der Waals surface area (Å²) in [5.41, 5.74) is 2.85. The Morgan fingerprint density at radius 3 is 2.52 bits per heavy atom. The molecule has 0 spiro atoms. The molecule has 0 atom stereocenters. The zero-order chi connectivity index (χ0) is 16.0. The van der Waals surface area contributed by atoms with E-state index in [0.717, 1.165) is 42.5 Å². The number of nitrogens with zero attached hydrogens (tertiary/aromatic N) is 2. The molecule has 0 aliphatic carbocycles. The van der Waals surface area contributed by atoms with Crippen molar-refractivity contribution in [2.75, 3.05) is 38.1 Å². The van der Waals surface area contributed by atoms with Gasteiger partial charge in [-0.05, 0) is 43.4 Å². The Morgan fingerprint density at radius 1 is 1.00 bits per heavy atom. The fourth-order valence-corrected chi connectivity index (χ4v) is 3.16. The van der Waals surface area contributed by atoms with Crippen molar-refractivity contribution in [1.82, 2.24) is 4.90 Å². The Morgan fingerprint density at radius 2 is 1.78 bits per heavy atom. The first kappa shape index (κ1) is 14.1. The van der Waals surface area contributed by atoms with Crippen LogP contribution in [-0.4, -0.2) is 49.2 Å². The van der Waals surface area contributed by atoms with Crippen molar-refractivity contribution in [2.45, 2.75) is 0 Å². The monoisotopic (exact) mass is 310 g/mol. The number of carbonyl (C=O) groups is 1. The third-order valence-electron chi connectivity index (χ3n) is 4.57. The van der Waals surface area contributed by atoms with Crippen molar-refractivity contribution in [3.63, 3.8) is 0 Å². The number of benzene rings is 2. The van der Waals surface area contributed by atoms with Crippen LogP contribution in [0.4, 0.5) is 5.69 Å². The van der Waals surface area contributed by atoms with E-state index in [1.54, 1.807) is 12.1 Å². The number of hydrogen-bond donors (Lipinski definition) is 1. The van der Waals surface area contributed by atoms with Crippen LogP contribution in [0.2, 0.25) is 0 Å². The van der Waals surface area contributed by atoms with E-state index in [0.29, 0.717) is 5.58 Å². The third-order valence-corrected chi connectivity index (χ3v) is 4.57. The van der Waals surface area contributed by atoms with E-state index in [4.69, 9.17) is 9.52 Å². The summed E-state index contributed by atoms with van der Waals surface area (Å²) in [6.45, 7) is 4.15. The van der Waals surface area contributed by atoms with Gasteiger partial charge >= 0.3 is 5.97 Å². The minimum absolute atomic E-state index is 0.246. The summed E-state index contributed by atoms with van der Waals surface area (Å²) in [5, 5.41) is 11.1. The van der Waals surface area contributed by atoms with E-state index in [1.807, 2.05) is 12.1 Å². The molecule has 1 N–H and O–H groups in total. The molecule has 0 bridgehead atoms. The number of likely N-dealkylation sites (N-methyl/N-ethyl adjacent to an activating group) is 1. The average Bonchev–Trinajstić information content (AvgIpc) is 2.92. The summed E-state index contributed by atoms with van der Waals surface area (Å²) < 4.78 is 5.81. The van der Waals surface area contributed by atoms with Crippen LogP contribution in [0, 0.1) is 0 Å². The van der Waals surface area contributed by atoms with Gasteiger partial charge in [-0.2, -0.15) is 0 Å². The van der Waals surface area contributed by atoms with Crippen molar-refractivity contribution in [3.8, 4) is 0 Å². The number of piperazine rings is 1. The Bertz CT molecular complexity index is 892. The van der Waals surface area contributed by atoms with E-state index in [1.165, 1.54) is 5.69 Å². The number of anilines is 1. The molecule has 1 aliphatic heterocycles. The Kier molecular flexibility index (Phi) is 3.23. The zero-order valence-electron chi connectivity index (χ0n) is 13.0. The molecule has 1 fully saturated rings. The highest BCUT2D eigenvalue weighted by Crippen LogP contribution is 2.32. The first-order chi connectivity index (χ1) is 11.1. The molecule has 5 nitrogen and oxygen atoms in total. The van der Waals surface area contributed by atoms with Gasteiger partial charge in [0.1, 0.15) is 11.2 Å². The molecule has 1 saturated heterocycles. The van der Waals surface area contributed by atoms with Gasteiger partial charge < -0.3 is 19.3 Å². The first-order valence-corrected chi connectivity index (χ1v) is 7.75. The van der Waals surface area contributed by atoms with Crippen LogP contribution in [0.25, 0.3) is 21.9 Å². The summed E-state index contributed by atoms with van der Waals surface area (Å²) in [5.74, 6) is -0.939. The topological polar surface area (TPSA) is 56.9 Å². The SMILES string of the molecule is CN1CCN(c2ccc3oc4cc(C(=O)O)ccc4c3c2)CC1. The van der Waals surface area contributed by atoms with Gasteiger partial charge in [-0.25, -0.2) is 4.79 Å². The van der Waals surface area contributed by atoms with Gasteiger partial charge in [-0.1, -0.05) is 0 Å². The van der Waals surface area contributed by atoms with Crippen molar-refractivity contribution >= 4 is 33.6 Å². The minimum Gasteiger partial charge on any atom is -0.478 e. The van der Waals surface area contributed by atoms with Gasteiger partial charge in [0.25, 0.3) is 0 Å². The lowest BCUT2D eigenvalue weighted by atomic mass is 10.1. The van der Waals surface area contributed by atoms with Crippen LogP contribution in [0.3, 0.4) is 0 Å². The molecule has 2 heterocycles. The Hall–Kier alpha value is -2.53.